The minimum Gasteiger partial charge on any atom is -0.497 e. The average Bonchev–Trinajstić information content (AvgIpc) is 2.42. The molecule has 1 aromatic rings. The summed E-state index contributed by atoms with van der Waals surface area (Å²) in [5.41, 5.74) is 1.04. The number of rotatable bonds is 8. The van der Waals surface area contributed by atoms with Crippen molar-refractivity contribution < 1.29 is 14.3 Å². The smallest absolute Gasteiger partial charge is 0.234 e. The second kappa shape index (κ2) is 8.49. The Kier molecular flexibility index (Phi) is 6.83. The van der Waals surface area contributed by atoms with Gasteiger partial charge in [-0.15, -0.1) is 0 Å². The third kappa shape index (κ3) is 5.65. The van der Waals surface area contributed by atoms with Crippen LogP contribution in [-0.4, -0.2) is 39.8 Å². The van der Waals surface area contributed by atoms with Crippen molar-refractivity contribution in [1.29, 1.82) is 0 Å². The van der Waals surface area contributed by atoms with Gasteiger partial charge in [-0.25, -0.2) is 0 Å². The standard InChI is InChI=1S/C13H20N2O3/c1-17-8-7-14-10-13(16)15-9-11-3-5-12(18-2)6-4-11/h3-6,14H,7-10H2,1-2H3,(H,15,16). The van der Waals surface area contributed by atoms with Crippen LogP contribution in [0.3, 0.4) is 0 Å². The summed E-state index contributed by atoms with van der Waals surface area (Å²) in [6.07, 6.45) is 0. The fourth-order valence-electron chi connectivity index (χ4n) is 1.38. The van der Waals surface area contributed by atoms with E-state index in [0.29, 0.717) is 26.2 Å². The van der Waals surface area contributed by atoms with Gasteiger partial charge in [-0.2, -0.15) is 0 Å². The molecule has 0 aliphatic rings. The van der Waals surface area contributed by atoms with Crippen LogP contribution in [0.15, 0.2) is 24.3 Å². The van der Waals surface area contributed by atoms with Gasteiger partial charge in [0.05, 0.1) is 20.3 Å². The molecule has 100 valence electrons. The molecular weight excluding hydrogens is 232 g/mol. The molecule has 1 aromatic carbocycles. The first-order valence-electron chi connectivity index (χ1n) is 5.85. The normalized spacial score (nSPS) is 10.1. The zero-order valence-corrected chi connectivity index (χ0v) is 10.9. The summed E-state index contributed by atoms with van der Waals surface area (Å²) >= 11 is 0. The number of amides is 1. The van der Waals surface area contributed by atoms with Crippen molar-refractivity contribution in [3.8, 4) is 5.75 Å². The van der Waals surface area contributed by atoms with Gasteiger partial charge in [-0.1, -0.05) is 12.1 Å². The number of ether oxygens (including phenoxy) is 2. The lowest BCUT2D eigenvalue weighted by Crippen LogP contribution is -2.34. The monoisotopic (exact) mass is 252 g/mol. The van der Waals surface area contributed by atoms with E-state index in [1.807, 2.05) is 24.3 Å². The number of hydrogen-bond donors (Lipinski definition) is 2. The third-order valence-electron chi connectivity index (χ3n) is 2.42. The van der Waals surface area contributed by atoms with Crippen LogP contribution in [0.25, 0.3) is 0 Å². The first-order valence-corrected chi connectivity index (χ1v) is 5.85. The van der Waals surface area contributed by atoms with Crippen LogP contribution in [0, 0.1) is 0 Å². The molecule has 0 spiro atoms. The maximum atomic E-state index is 11.5. The van der Waals surface area contributed by atoms with Crippen molar-refractivity contribution in [1.82, 2.24) is 10.6 Å². The van der Waals surface area contributed by atoms with Gasteiger partial charge in [0.1, 0.15) is 5.75 Å². The van der Waals surface area contributed by atoms with Crippen LogP contribution in [-0.2, 0) is 16.1 Å². The molecule has 0 aromatic heterocycles. The van der Waals surface area contributed by atoms with Crippen LogP contribution < -0.4 is 15.4 Å². The number of carbonyl (C=O) groups is 1. The highest BCUT2D eigenvalue weighted by molar-refractivity contribution is 5.77. The largest absolute Gasteiger partial charge is 0.497 e. The van der Waals surface area contributed by atoms with Gasteiger partial charge in [-0.3, -0.25) is 4.79 Å². The Labute approximate surface area is 107 Å². The highest BCUT2D eigenvalue weighted by atomic mass is 16.5. The lowest BCUT2D eigenvalue weighted by atomic mass is 10.2. The van der Waals surface area contributed by atoms with Crippen molar-refractivity contribution in [2.45, 2.75) is 6.54 Å². The molecule has 2 N–H and O–H groups in total. The van der Waals surface area contributed by atoms with E-state index < -0.39 is 0 Å². The molecule has 18 heavy (non-hydrogen) atoms. The summed E-state index contributed by atoms with van der Waals surface area (Å²) in [5.74, 6) is 0.785. The Balaban J connectivity index is 2.20. The minimum atomic E-state index is -0.0260. The van der Waals surface area contributed by atoms with Crippen LogP contribution in [0.1, 0.15) is 5.56 Å². The van der Waals surface area contributed by atoms with Crippen molar-refractivity contribution in [2.24, 2.45) is 0 Å². The summed E-state index contributed by atoms with van der Waals surface area (Å²) in [5, 5.41) is 5.81. The Bertz CT molecular complexity index is 352. The molecule has 0 bridgehead atoms. The second-order valence-electron chi connectivity index (χ2n) is 3.79. The lowest BCUT2D eigenvalue weighted by molar-refractivity contribution is -0.120. The summed E-state index contributed by atoms with van der Waals surface area (Å²) in [6, 6.07) is 7.60. The van der Waals surface area contributed by atoms with E-state index in [0.717, 1.165) is 11.3 Å². The van der Waals surface area contributed by atoms with Crippen molar-refractivity contribution in [3.05, 3.63) is 29.8 Å². The fraction of sp³-hybridized carbons (Fsp3) is 0.462. The second-order valence-corrected chi connectivity index (χ2v) is 3.79. The van der Waals surface area contributed by atoms with Crippen LogP contribution in [0.2, 0.25) is 0 Å². The van der Waals surface area contributed by atoms with Gasteiger partial charge in [0.15, 0.2) is 0 Å². The molecule has 1 amide bonds. The quantitative estimate of drug-likeness (QED) is 0.663. The van der Waals surface area contributed by atoms with Gasteiger partial charge in [0.2, 0.25) is 5.91 Å². The van der Waals surface area contributed by atoms with Crippen molar-refractivity contribution >= 4 is 5.91 Å². The molecule has 5 nitrogen and oxygen atoms in total. The minimum absolute atomic E-state index is 0.0260. The van der Waals surface area contributed by atoms with Gasteiger partial charge in [-0.05, 0) is 17.7 Å². The summed E-state index contributed by atoms with van der Waals surface area (Å²) in [7, 11) is 3.26. The van der Waals surface area contributed by atoms with Gasteiger partial charge >= 0.3 is 0 Å². The van der Waals surface area contributed by atoms with Gasteiger partial charge in [0, 0.05) is 20.2 Å². The van der Waals surface area contributed by atoms with Gasteiger partial charge in [0.25, 0.3) is 0 Å². The third-order valence-corrected chi connectivity index (χ3v) is 2.42. The van der Waals surface area contributed by atoms with E-state index in [4.69, 9.17) is 9.47 Å². The number of nitrogens with one attached hydrogen (secondary N) is 2. The lowest BCUT2D eigenvalue weighted by Gasteiger charge is -2.07. The van der Waals surface area contributed by atoms with Crippen LogP contribution in [0.5, 0.6) is 5.75 Å². The zero-order chi connectivity index (χ0) is 13.2. The SMILES string of the molecule is COCCNCC(=O)NCc1ccc(OC)cc1. The topological polar surface area (TPSA) is 59.6 Å². The molecule has 0 aliphatic heterocycles. The summed E-state index contributed by atoms with van der Waals surface area (Å²) in [4.78, 5) is 11.5. The summed E-state index contributed by atoms with van der Waals surface area (Å²) in [6.45, 7) is 2.10. The maximum Gasteiger partial charge on any atom is 0.234 e. The van der Waals surface area contributed by atoms with E-state index in [2.05, 4.69) is 10.6 Å². The Hall–Kier alpha value is -1.59. The number of carbonyl (C=O) groups excluding carboxylic acids is 1. The molecule has 0 fully saturated rings. The first-order chi connectivity index (χ1) is 8.76. The first kappa shape index (κ1) is 14.5. The van der Waals surface area contributed by atoms with E-state index in [1.165, 1.54) is 0 Å². The predicted octanol–water partition coefficient (Wildman–Crippen LogP) is 0.547. The predicted molar refractivity (Wildman–Crippen MR) is 69.6 cm³/mol. The van der Waals surface area contributed by atoms with Crippen molar-refractivity contribution in [3.63, 3.8) is 0 Å². The highest BCUT2D eigenvalue weighted by Crippen LogP contribution is 2.10. The van der Waals surface area contributed by atoms with E-state index in [-0.39, 0.29) is 5.91 Å². The molecule has 0 aliphatic carbocycles. The molecule has 0 heterocycles. The fourth-order valence-corrected chi connectivity index (χ4v) is 1.38. The number of methoxy groups -OCH3 is 2. The Morgan fingerprint density at radius 2 is 1.94 bits per heavy atom. The molecule has 0 unspecified atom stereocenters. The molecule has 0 radical (unpaired) electrons. The summed E-state index contributed by atoms with van der Waals surface area (Å²) < 4.78 is 9.93. The molecule has 0 atom stereocenters. The molecule has 0 saturated heterocycles. The molecular formula is C13H20N2O3. The van der Waals surface area contributed by atoms with Crippen LogP contribution in [0.4, 0.5) is 0 Å². The zero-order valence-electron chi connectivity index (χ0n) is 10.9. The van der Waals surface area contributed by atoms with Crippen molar-refractivity contribution in [2.75, 3.05) is 33.9 Å². The highest BCUT2D eigenvalue weighted by Gasteiger charge is 2.00. The molecule has 0 saturated carbocycles. The van der Waals surface area contributed by atoms with Crippen LogP contribution >= 0.6 is 0 Å². The Morgan fingerprint density at radius 1 is 1.22 bits per heavy atom. The van der Waals surface area contributed by atoms with E-state index in [9.17, 15) is 4.79 Å². The molecule has 5 heteroatoms. The van der Waals surface area contributed by atoms with E-state index in [1.54, 1.807) is 14.2 Å². The Morgan fingerprint density at radius 3 is 2.56 bits per heavy atom. The molecule has 1 rings (SSSR count). The maximum absolute atomic E-state index is 11.5. The number of hydrogen-bond acceptors (Lipinski definition) is 4. The average molecular weight is 252 g/mol. The van der Waals surface area contributed by atoms with E-state index >= 15 is 0 Å². The number of benzene rings is 1. The van der Waals surface area contributed by atoms with Gasteiger partial charge < -0.3 is 20.1 Å².